The summed E-state index contributed by atoms with van der Waals surface area (Å²) >= 11 is 3.61. The van der Waals surface area contributed by atoms with Gasteiger partial charge in [0.1, 0.15) is 5.75 Å². The molecule has 0 unspecified atom stereocenters. The van der Waals surface area contributed by atoms with Crippen LogP contribution in [-0.4, -0.2) is 13.7 Å². The van der Waals surface area contributed by atoms with Crippen LogP contribution < -0.4 is 10.1 Å². The highest BCUT2D eigenvalue weighted by Crippen LogP contribution is 2.57. The van der Waals surface area contributed by atoms with Crippen molar-refractivity contribution >= 4 is 15.9 Å². The molecule has 3 heteroatoms. The third-order valence-corrected chi connectivity index (χ3v) is 5.90. The maximum Gasteiger partial charge on any atom is 0.119 e. The van der Waals surface area contributed by atoms with E-state index in [1.165, 1.54) is 44.1 Å². The summed E-state index contributed by atoms with van der Waals surface area (Å²) in [6.45, 7) is 2.07. The van der Waals surface area contributed by atoms with Crippen molar-refractivity contribution in [3.8, 4) is 5.75 Å². The number of halogens is 1. The van der Waals surface area contributed by atoms with Crippen molar-refractivity contribution < 1.29 is 4.74 Å². The summed E-state index contributed by atoms with van der Waals surface area (Å²) in [4.78, 5) is 0. The van der Waals surface area contributed by atoms with Crippen molar-refractivity contribution in [2.24, 2.45) is 11.3 Å². The van der Waals surface area contributed by atoms with Gasteiger partial charge in [0.05, 0.1) is 7.11 Å². The normalized spacial score (nSPS) is 21.1. The van der Waals surface area contributed by atoms with Crippen LogP contribution in [0.4, 0.5) is 0 Å². The van der Waals surface area contributed by atoms with Gasteiger partial charge in [-0.05, 0) is 80.2 Å². The monoisotopic (exact) mass is 337 g/mol. The van der Waals surface area contributed by atoms with E-state index in [1.807, 2.05) is 6.07 Å². The number of nitrogens with one attached hydrogen (secondary N) is 1. The molecular weight excluding hydrogens is 314 g/mol. The average Bonchev–Trinajstić information content (AvgIpc) is 3.23. The lowest BCUT2D eigenvalue weighted by Gasteiger charge is -2.28. The van der Waals surface area contributed by atoms with Gasteiger partial charge in [-0.3, -0.25) is 0 Å². The molecule has 110 valence electrons. The molecule has 1 aromatic carbocycles. The first-order valence-corrected chi connectivity index (χ1v) is 8.53. The van der Waals surface area contributed by atoms with Gasteiger partial charge in [0, 0.05) is 11.0 Å². The van der Waals surface area contributed by atoms with Gasteiger partial charge < -0.3 is 10.1 Å². The molecule has 2 saturated carbocycles. The second-order valence-electron chi connectivity index (χ2n) is 6.53. The van der Waals surface area contributed by atoms with Gasteiger partial charge in [0.15, 0.2) is 0 Å². The van der Waals surface area contributed by atoms with Crippen LogP contribution in [0.1, 0.15) is 44.1 Å². The zero-order valence-electron chi connectivity index (χ0n) is 12.3. The molecule has 2 fully saturated rings. The third kappa shape index (κ3) is 3.37. The first kappa shape index (κ1) is 14.4. The van der Waals surface area contributed by atoms with Crippen LogP contribution >= 0.6 is 15.9 Å². The predicted molar refractivity (Wildman–Crippen MR) is 86.0 cm³/mol. The summed E-state index contributed by atoms with van der Waals surface area (Å²) in [6, 6.07) is 6.16. The fourth-order valence-electron chi connectivity index (χ4n) is 3.40. The molecule has 2 aliphatic rings. The lowest BCUT2D eigenvalue weighted by Crippen LogP contribution is -2.26. The van der Waals surface area contributed by atoms with Crippen LogP contribution in [0.15, 0.2) is 22.7 Å². The fourth-order valence-corrected chi connectivity index (χ4v) is 3.78. The smallest absolute Gasteiger partial charge is 0.119 e. The number of ether oxygens (including phenoxy) is 1. The van der Waals surface area contributed by atoms with Gasteiger partial charge in [-0.1, -0.05) is 15.9 Å². The van der Waals surface area contributed by atoms with Crippen molar-refractivity contribution in [2.75, 3.05) is 13.7 Å². The molecule has 20 heavy (non-hydrogen) atoms. The van der Waals surface area contributed by atoms with Crippen LogP contribution in [0, 0.1) is 11.3 Å². The Morgan fingerprint density at radius 3 is 2.65 bits per heavy atom. The molecule has 0 saturated heterocycles. The first-order chi connectivity index (χ1) is 9.71. The standard InChI is InChI=1S/C17H24BrNO/c1-20-15-2-3-16(18)14(10-15)12-19-11-13-4-6-17(7-5-13)8-9-17/h2-3,10,13,19H,4-9,11-12H2,1H3. The summed E-state index contributed by atoms with van der Waals surface area (Å²) in [5, 5.41) is 3.63. The number of hydrogen-bond acceptors (Lipinski definition) is 2. The quantitative estimate of drug-likeness (QED) is 0.852. The number of rotatable bonds is 5. The van der Waals surface area contributed by atoms with E-state index in [1.54, 1.807) is 7.11 Å². The molecule has 0 amide bonds. The largest absolute Gasteiger partial charge is 0.497 e. The van der Waals surface area contributed by atoms with Crippen LogP contribution in [0.25, 0.3) is 0 Å². The zero-order chi connectivity index (χ0) is 14.0. The Bertz CT molecular complexity index is 460. The van der Waals surface area contributed by atoms with Crippen LogP contribution in [0.5, 0.6) is 5.75 Å². The second-order valence-corrected chi connectivity index (χ2v) is 7.39. The topological polar surface area (TPSA) is 21.3 Å². The maximum absolute atomic E-state index is 5.29. The third-order valence-electron chi connectivity index (χ3n) is 5.12. The van der Waals surface area contributed by atoms with Crippen molar-refractivity contribution in [3.63, 3.8) is 0 Å². The summed E-state index contributed by atoms with van der Waals surface area (Å²) in [5.41, 5.74) is 2.09. The molecule has 1 spiro atoms. The van der Waals surface area contributed by atoms with E-state index < -0.39 is 0 Å². The summed E-state index contributed by atoms with van der Waals surface area (Å²) in [6.07, 6.45) is 8.80. The van der Waals surface area contributed by atoms with E-state index in [0.29, 0.717) is 0 Å². The van der Waals surface area contributed by atoms with Crippen LogP contribution in [0.2, 0.25) is 0 Å². The number of hydrogen-bond donors (Lipinski definition) is 1. The first-order valence-electron chi connectivity index (χ1n) is 7.74. The molecular formula is C17H24BrNO. The molecule has 3 rings (SSSR count). The van der Waals surface area contributed by atoms with Crippen molar-refractivity contribution in [2.45, 2.75) is 45.1 Å². The minimum atomic E-state index is 0.812. The Morgan fingerprint density at radius 1 is 1.25 bits per heavy atom. The summed E-state index contributed by atoms with van der Waals surface area (Å²) < 4.78 is 6.45. The molecule has 2 aliphatic carbocycles. The fraction of sp³-hybridized carbons (Fsp3) is 0.647. The van der Waals surface area contributed by atoms with Gasteiger partial charge in [-0.2, -0.15) is 0 Å². The lowest BCUT2D eigenvalue weighted by atomic mass is 9.80. The molecule has 0 atom stereocenters. The number of methoxy groups -OCH3 is 1. The van der Waals surface area contributed by atoms with E-state index in [9.17, 15) is 0 Å². The SMILES string of the molecule is COc1ccc(Br)c(CNCC2CCC3(CC2)CC3)c1. The van der Waals surface area contributed by atoms with E-state index in [-0.39, 0.29) is 0 Å². The molecule has 1 N–H and O–H groups in total. The molecule has 0 radical (unpaired) electrons. The molecule has 0 aliphatic heterocycles. The second kappa shape index (κ2) is 6.07. The maximum atomic E-state index is 5.29. The van der Waals surface area contributed by atoms with Gasteiger partial charge in [-0.15, -0.1) is 0 Å². The summed E-state index contributed by atoms with van der Waals surface area (Å²) in [7, 11) is 1.72. The number of benzene rings is 1. The molecule has 2 nitrogen and oxygen atoms in total. The Labute approximate surface area is 130 Å². The Morgan fingerprint density at radius 2 is 2.00 bits per heavy atom. The Kier molecular flexibility index (Phi) is 4.37. The highest BCUT2D eigenvalue weighted by molar-refractivity contribution is 9.10. The average molecular weight is 338 g/mol. The molecule has 0 bridgehead atoms. The Hall–Kier alpha value is -0.540. The van der Waals surface area contributed by atoms with Gasteiger partial charge in [0.2, 0.25) is 0 Å². The highest BCUT2D eigenvalue weighted by atomic mass is 79.9. The van der Waals surface area contributed by atoms with Gasteiger partial charge in [-0.25, -0.2) is 0 Å². The van der Waals surface area contributed by atoms with E-state index in [4.69, 9.17) is 4.74 Å². The summed E-state index contributed by atoms with van der Waals surface area (Å²) in [5.74, 6) is 1.81. The molecule has 0 heterocycles. The lowest BCUT2D eigenvalue weighted by molar-refractivity contribution is 0.251. The molecule has 1 aromatic rings. The van der Waals surface area contributed by atoms with Crippen molar-refractivity contribution in [1.29, 1.82) is 0 Å². The van der Waals surface area contributed by atoms with Crippen molar-refractivity contribution in [1.82, 2.24) is 5.32 Å². The van der Waals surface area contributed by atoms with E-state index in [2.05, 4.69) is 33.4 Å². The minimum absolute atomic E-state index is 0.812. The highest BCUT2D eigenvalue weighted by Gasteiger charge is 2.44. The van der Waals surface area contributed by atoms with Gasteiger partial charge in [0.25, 0.3) is 0 Å². The zero-order valence-corrected chi connectivity index (χ0v) is 13.8. The van der Waals surface area contributed by atoms with Crippen LogP contribution in [0.3, 0.4) is 0 Å². The minimum Gasteiger partial charge on any atom is -0.497 e. The Balaban J connectivity index is 1.45. The predicted octanol–water partition coefficient (Wildman–Crippen LogP) is 4.52. The van der Waals surface area contributed by atoms with Crippen molar-refractivity contribution in [3.05, 3.63) is 28.2 Å². The van der Waals surface area contributed by atoms with E-state index in [0.717, 1.165) is 34.6 Å². The van der Waals surface area contributed by atoms with Crippen LogP contribution in [-0.2, 0) is 6.54 Å². The van der Waals surface area contributed by atoms with Gasteiger partial charge >= 0.3 is 0 Å². The molecule has 0 aromatic heterocycles. The van der Waals surface area contributed by atoms with E-state index >= 15 is 0 Å².